The number of nitrogens with two attached hydrogens (primary N) is 1. The summed E-state index contributed by atoms with van der Waals surface area (Å²) in [6.07, 6.45) is 8.02. The Labute approximate surface area is 95.0 Å². The third-order valence-corrected chi connectivity index (χ3v) is 3.71. The van der Waals surface area contributed by atoms with E-state index >= 15 is 0 Å². The highest BCUT2D eigenvalue weighted by molar-refractivity contribution is 4.81. The number of hydrogen-bond donors (Lipinski definition) is 2. The minimum absolute atomic E-state index is 0.697. The van der Waals surface area contributed by atoms with Gasteiger partial charge in [0.25, 0.3) is 0 Å². The Hall–Kier alpha value is -0.0800. The monoisotopic (exact) mass is 212 g/mol. The van der Waals surface area contributed by atoms with E-state index in [1.807, 2.05) is 0 Å². The van der Waals surface area contributed by atoms with Crippen molar-refractivity contribution in [2.24, 2.45) is 17.6 Å². The molecule has 2 nitrogen and oxygen atoms in total. The van der Waals surface area contributed by atoms with Crippen molar-refractivity contribution in [3.8, 4) is 0 Å². The van der Waals surface area contributed by atoms with Crippen LogP contribution in [0, 0.1) is 11.8 Å². The van der Waals surface area contributed by atoms with E-state index in [9.17, 15) is 0 Å². The van der Waals surface area contributed by atoms with Crippen molar-refractivity contribution in [3.63, 3.8) is 0 Å². The second-order valence-corrected chi connectivity index (χ2v) is 5.18. The number of nitrogens with one attached hydrogen (secondary N) is 1. The van der Waals surface area contributed by atoms with Crippen molar-refractivity contribution in [1.29, 1.82) is 0 Å². The van der Waals surface area contributed by atoms with Crippen LogP contribution in [0.3, 0.4) is 0 Å². The Morgan fingerprint density at radius 3 is 2.73 bits per heavy atom. The molecule has 0 aromatic rings. The molecule has 1 fully saturated rings. The molecule has 1 rings (SSSR count). The van der Waals surface area contributed by atoms with E-state index in [2.05, 4.69) is 19.2 Å². The quantitative estimate of drug-likeness (QED) is 0.710. The molecule has 1 heterocycles. The summed E-state index contributed by atoms with van der Waals surface area (Å²) in [4.78, 5) is 0. The van der Waals surface area contributed by atoms with Crippen molar-refractivity contribution in [3.05, 3.63) is 0 Å². The minimum atomic E-state index is 0.697. The molecular weight excluding hydrogens is 184 g/mol. The molecule has 1 saturated heterocycles. The predicted octanol–water partition coefficient (Wildman–Crippen LogP) is 2.53. The predicted molar refractivity (Wildman–Crippen MR) is 66.9 cm³/mol. The van der Waals surface area contributed by atoms with Crippen LogP contribution < -0.4 is 11.1 Å². The summed E-state index contributed by atoms with van der Waals surface area (Å²) in [7, 11) is 0. The average molecular weight is 212 g/mol. The molecule has 0 radical (unpaired) electrons. The molecular formula is C13H28N2. The van der Waals surface area contributed by atoms with E-state index in [-0.39, 0.29) is 0 Å². The molecule has 0 aromatic carbocycles. The molecule has 0 saturated carbocycles. The summed E-state index contributed by atoms with van der Waals surface area (Å²) in [6.45, 7) is 6.69. The first kappa shape index (κ1) is 13.0. The van der Waals surface area contributed by atoms with Gasteiger partial charge in [0, 0.05) is 6.04 Å². The van der Waals surface area contributed by atoms with Crippen LogP contribution in [0.4, 0.5) is 0 Å². The Morgan fingerprint density at radius 1 is 1.40 bits per heavy atom. The van der Waals surface area contributed by atoms with Gasteiger partial charge in [0.15, 0.2) is 0 Å². The lowest BCUT2D eigenvalue weighted by Crippen LogP contribution is -2.43. The summed E-state index contributed by atoms with van der Waals surface area (Å²) in [5.41, 5.74) is 5.91. The average Bonchev–Trinajstić information content (AvgIpc) is 2.27. The highest BCUT2D eigenvalue weighted by atomic mass is 14.9. The third kappa shape index (κ3) is 4.52. The molecule has 1 aliphatic heterocycles. The molecule has 2 heteroatoms. The van der Waals surface area contributed by atoms with Gasteiger partial charge >= 0.3 is 0 Å². The topological polar surface area (TPSA) is 38.0 Å². The van der Waals surface area contributed by atoms with Crippen LogP contribution in [0.25, 0.3) is 0 Å². The van der Waals surface area contributed by atoms with E-state index < -0.39 is 0 Å². The molecule has 90 valence electrons. The van der Waals surface area contributed by atoms with Crippen molar-refractivity contribution in [2.45, 2.75) is 58.4 Å². The zero-order chi connectivity index (χ0) is 11.1. The first-order chi connectivity index (χ1) is 7.27. The van der Waals surface area contributed by atoms with Gasteiger partial charge in [-0.25, -0.2) is 0 Å². The molecule has 0 amide bonds. The highest BCUT2D eigenvalue weighted by Gasteiger charge is 2.23. The normalized spacial score (nSPS) is 26.2. The lowest BCUT2D eigenvalue weighted by molar-refractivity contribution is 0.254. The van der Waals surface area contributed by atoms with Crippen molar-refractivity contribution >= 4 is 0 Å². The van der Waals surface area contributed by atoms with Gasteiger partial charge < -0.3 is 11.1 Å². The van der Waals surface area contributed by atoms with E-state index in [1.165, 1.54) is 45.1 Å². The second kappa shape index (κ2) is 7.24. The van der Waals surface area contributed by atoms with Gasteiger partial charge in [-0.05, 0) is 44.2 Å². The summed E-state index contributed by atoms with van der Waals surface area (Å²) in [6, 6.07) is 0.697. The van der Waals surface area contributed by atoms with E-state index in [0.29, 0.717) is 12.0 Å². The Morgan fingerprint density at radius 2 is 2.20 bits per heavy atom. The fraction of sp³-hybridized carbons (Fsp3) is 1.00. The van der Waals surface area contributed by atoms with E-state index in [1.54, 1.807) is 0 Å². The minimum Gasteiger partial charge on any atom is -0.330 e. The maximum atomic E-state index is 5.91. The van der Waals surface area contributed by atoms with Crippen molar-refractivity contribution in [1.82, 2.24) is 5.32 Å². The largest absolute Gasteiger partial charge is 0.330 e. The molecule has 0 bridgehead atoms. The van der Waals surface area contributed by atoms with Crippen LogP contribution >= 0.6 is 0 Å². The first-order valence-corrected chi connectivity index (χ1v) is 6.71. The number of hydrogen-bond acceptors (Lipinski definition) is 2. The third-order valence-electron chi connectivity index (χ3n) is 3.71. The smallest absolute Gasteiger partial charge is 0.0107 e. The van der Waals surface area contributed by atoms with E-state index in [0.717, 1.165) is 12.5 Å². The molecule has 0 aromatic heterocycles. The zero-order valence-electron chi connectivity index (χ0n) is 10.5. The molecule has 0 aliphatic carbocycles. The molecule has 1 aliphatic rings. The van der Waals surface area contributed by atoms with Gasteiger partial charge in [-0.15, -0.1) is 0 Å². The lowest BCUT2D eigenvalue weighted by atomic mass is 9.84. The zero-order valence-corrected chi connectivity index (χ0v) is 10.5. The first-order valence-electron chi connectivity index (χ1n) is 6.71. The summed E-state index contributed by atoms with van der Waals surface area (Å²) in [5, 5.41) is 3.64. The van der Waals surface area contributed by atoms with Crippen molar-refractivity contribution < 1.29 is 0 Å². The molecule has 3 atom stereocenters. The SMILES string of the molecule is CCC[C@@H](C)C[C@@H](CN)[C@@H]1CCCCN1. The maximum absolute atomic E-state index is 5.91. The summed E-state index contributed by atoms with van der Waals surface area (Å²) >= 11 is 0. The Balaban J connectivity index is 2.32. The lowest BCUT2D eigenvalue weighted by Gasteiger charge is -2.32. The molecule has 3 N–H and O–H groups in total. The van der Waals surface area contributed by atoms with Gasteiger partial charge in [-0.2, -0.15) is 0 Å². The van der Waals surface area contributed by atoms with Crippen LogP contribution in [0.1, 0.15) is 52.4 Å². The van der Waals surface area contributed by atoms with Gasteiger partial charge in [-0.3, -0.25) is 0 Å². The second-order valence-electron chi connectivity index (χ2n) is 5.18. The van der Waals surface area contributed by atoms with Gasteiger partial charge in [0.2, 0.25) is 0 Å². The Bertz CT molecular complexity index is 153. The fourth-order valence-corrected chi connectivity index (χ4v) is 2.83. The maximum Gasteiger partial charge on any atom is 0.0107 e. The molecule has 0 unspecified atom stereocenters. The van der Waals surface area contributed by atoms with Crippen LogP contribution in [0.2, 0.25) is 0 Å². The highest BCUT2D eigenvalue weighted by Crippen LogP contribution is 2.23. The molecule has 0 spiro atoms. The van der Waals surface area contributed by atoms with Gasteiger partial charge in [0.05, 0.1) is 0 Å². The summed E-state index contributed by atoms with van der Waals surface area (Å²) in [5.74, 6) is 1.54. The van der Waals surface area contributed by atoms with Crippen LogP contribution in [-0.2, 0) is 0 Å². The van der Waals surface area contributed by atoms with Crippen LogP contribution in [0.15, 0.2) is 0 Å². The van der Waals surface area contributed by atoms with Crippen molar-refractivity contribution in [2.75, 3.05) is 13.1 Å². The Kier molecular flexibility index (Phi) is 6.26. The van der Waals surface area contributed by atoms with Gasteiger partial charge in [0.1, 0.15) is 0 Å². The van der Waals surface area contributed by atoms with Crippen LogP contribution in [-0.4, -0.2) is 19.1 Å². The number of piperidine rings is 1. The standard InChI is InChI=1S/C13H28N2/c1-3-6-11(2)9-12(10-14)13-7-4-5-8-15-13/h11-13,15H,3-10,14H2,1-2H3/t11-,12+,13+/m1/s1. The fourth-order valence-electron chi connectivity index (χ4n) is 2.83. The van der Waals surface area contributed by atoms with Gasteiger partial charge in [-0.1, -0.05) is 33.1 Å². The molecule has 15 heavy (non-hydrogen) atoms. The number of rotatable bonds is 6. The van der Waals surface area contributed by atoms with E-state index in [4.69, 9.17) is 5.73 Å². The van der Waals surface area contributed by atoms with Crippen LogP contribution in [0.5, 0.6) is 0 Å². The summed E-state index contributed by atoms with van der Waals surface area (Å²) < 4.78 is 0.